The van der Waals surface area contributed by atoms with Crippen LogP contribution in [0.3, 0.4) is 0 Å². The van der Waals surface area contributed by atoms with Gasteiger partial charge >= 0.3 is 0 Å². The first-order valence-corrected chi connectivity index (χ1v) is 6.21. The average molecular weight is 220 g/mol. The molecule has 1 aromatic heterocycles. The van der Waals surface area contributed by atoms with Crippen LogP contribution in [0, 0.1) is 11.3 Å². The highest BCUT2D eigenvalue weighted by Gasteiger charge is 2.41. The molecule has 88 valence electrons. The summed E-state index contributed by atoms with van der Waals surface area (Å²) in [6, 6.07) is 1.79. The number of Topliss-reactive ketones (excluding diaryl/α,β-unsaturated/α-hetero) is 1. The second kappa shape index (κ2) is 4.44. The van der Waals surface area contributed by atoms with Crippen molar-refractivity contribution in [1.82, 2.24) is 0 Å². The van der Waals surface area contributed by atoms with Gasteiger partial charge in [-0.1, -0.05) is 26.7 Å². The Morgan fingerprint density at radius 2 is 2.12 bits per heavy atom. The number of hydrogen-bond donors (Lipinski definition) is 0. The summed E-state index contributed by atoms with van der Waals surface area (Å²) in [5, 5.41) is 0. The zero-order chi connectivity index (χ0) is 11.6. The molecule has 0 atom stereocenters. The summed E-state index contributed by atoms with van der Waals surface area (Å²) >= 11 is 0. The van der Waals surface area contributed by atoms with E-state index in [-0.39, 0.29) is 5.41 Å². The van der Waals surface area contributed by atoms with Crippen LogP contribution in [-0.2, 0) is 0 Å². The molecule has 2 heteroatoms. The van der Waals surface area contributed by atoms with Gasteiger partial charge in [0.05, 0.1) is 11.8 Å². The number of hydrogen-bond acceptors (Lipinski definition) is 2. The van der Waals surface area contributed by atoms with Crippen LogP contribution >= 0.6 is 0 Å². The fourth-order valence-electron chi connectivity index (χ4n) is 3.06. The lowest BCUT2D eigenvalue weighted by Gasteiger charge is -2.28. The fourth-order valence-corrected chi connectivity index (χ4v) is 3.06. The molecule has 0 unspecified atom stereocenters. The smallest absolute Gasteiger partial charge is 0.172 e. The summed E-state index contributed by atoms with van der Waals surface area (Å²) in [5.41, 5.74) is 0.653. The van der Waals surface area contributed by atoms with Crippen molar-refractivity contribution < 1.29 is 9.21 Å². The van der Waals surface area contributed by atoms with Gasteiger partial charge in [-0.3, -0.25) is 4.79 Å². The normalized spacial score (nSPS) is 19.2. The molecule has 16 heavy (non-hydrogen) atoms. The Labute approximate surface area is 97.0 Å². The van der Waals surface area contributed by atoms with Crippen LogP contribution in [0.5, 0.6) is 0 Å². The highest BCUT2D eigenvalue weighted by molar-refractivity contribution is 6.00. The summed E-state index contributed by atoms with van der Waals surface area (Å²) in [4.78, 5) is 12.5. The second-order valence-corrected chi connectivity index (χ2v) is 5.43. The summed E-state index contributed by atoms with van der Waals surface area (Å²) < 4.78 is 5.02. The second-order valence-electron chi connectivity index (χ2n) is 5.43. The van der Waals surface area contributed by atoms with Crippen molar-refractivity contribution in [2.24, 2.45) is 11.3 Å². The van der Waals surface area contributed by atoms with Gasteiger partial charge in [-0.25, -0.2) is 0 Å². The number of ketones is 1. The number of furan rings is 1. The first-order valence-electron chi connectivity index (χ1n) is 6.21. The van der Waals surface area contributed by atoms with Crippen molar-refractivity contribution >= 4 is 5.78 Å². The first kappa shape index (κ1) is 11.4. The third-order valence-electron chi connectivity index (χ3n) is 3.62. The van der Waals surface area contributed by atoms with E-state index in [0.29, 0.717) is 11.7 Å². The largest absolute Gasteiger partial charge is 0.472 e. The maximum absolute atomic E-state index is 12.5. The molecular formula is C14H20O2. The predicted octanol–water partition coefficient (Wildman–Crippen LogP) is 4.07. The molecule has 0 N–H and O–H groups in total. The van der Waals surface area contributed by atoms with Crippen LogP contribution in [0.4, 0.5) is 0 Å². The lowest BCUT2D eigenvalue weighted by atomic mass is 9.73. The van der Waals surface area contributed by atoms with E-state index in [2.05, 4.69) is 13.8 Å². The molecule has 1 aliphatic carbocycles. The van der Waals surface area contributed by atoms with Crippen LogP contribution in [0.15, 0.2) is 23.0 Å². The van der Waals surface area contributed by atoms with Gasteiger partial charge in [0, 0.05) is 5.41 Å². The summed E-state index contributed by atoms with van der Waals surface area (Å²) in [5.74, 6) is 0.876. The quantitative estimate of drug-likeness (QED) is 0.716. The van der Waals surface area contributed by atoms with Crippen molar-refractivity contribution in [1.29, 1.82) is 0 Å². The summed E-state index contributed by atoms with van der Waals surface area (Å²) in [7, 11) is 0. The van der Waals surface area contributed by atoms with E-state index in [1.807, 2.05) is 0 Å². The maximum Gasteiger partial charge on any atom is 0.172 e. The van der Waals surface area contributed by atoms with Gasteiger partial charge < -0.3 is 4.42 Å². The van der Waals surface area contributed by atoms with Crippen LogP contribution < -0.4 is 0 Å². The number of carbonyl (C=O) groups is 1. The molecule has 1 fully saturated rings. The lowest BCUT2D eigenvalue weighted by molar-refractivity contribution is 0.0759. The lowest BCUT2D eigenvalue weighted by Crippen LogP contribution is -2.29. The van der Waals surface area contributed by atoms with Crippen molar-refractivity contribution in [2.45, 2.75) is 46.0 Å². The first-order chi connectivity index (χ1) is 7.64. The predicted molar refractivity (Wildman–Crippen MR) is 63.4 cm³/mol. The molecule has 1 aliphatic rings. The number of rotatable bonds is 4. The Balaban J connectivity index is 2.22. The SMILES string of the molecule is CC(C)CC1(C(=O)c2ccoc2)CCCC1. The third kappa shape index (κ3) is 2.06. The molecule has 0 radical (unpaired) electrons. The monoisotopic (exact) mass is 220 g/mol. The zero-order valence-electron chi connectivity index (χ0n) is 10.2. The van der Waals surface area contributed by atoms with E-state index in [1.54, 1.807) is 18.6 Å². The average Bonchev–Trinajstić information content (AvgIpc) is 2.85. The Morgan fingerprint density at radius 1 is 1.44 bits per heavy atom. The molecule has 0 aromatic carbocycles. The zero-order valence-corrected chi connectivity index (χ0v) is 10.2. The van der Waals surface area contributed by atoms with E-state index in [9.17, 15) is 4.79 Å². The standard InChI is InChI=1S/C14H20O2/c1-11(2)9-14(6-3-4-7-14)13(15)12-5-8-16-10-12/h5,8,10-11H,3-4,6-7,9H2,1-2H3. The Morgan fingerprint density at radius 3 is 2.62 bits per heavy atom. The maximum atomic E-state index is 12.5. The van der Waals surface area contributed by atoms with Gasteiger partial charge in [0.2, 0.25) is 0 Å². The Kier molecular flexibility index (Phi) is 3.17. The van der Waals surface area contributed by atoms with Crippen LogP contribution in [0.1, 0.15) is 56.3 Å². The molecule has 1 aromatic rings. The van der Waals surface area contributed by atoms with E-state index in [1.165, 1.54) is 12.8 Å². The molecule has 0 amide bonds. The molecule has 2 nitrogen and oxygen atoms in total. The molecule has 0 bridgehead atoms. The molecule has 1 heterocycles. The minimum Gasteiger partial charge on any atom is -0.472 e. The number of carbonyl (C=O) groups excluding carboxylic acids is 1. The van der Waals surface area contributed by atoms with E-state index < -0.39 is 0 Å². The van der Waals surface area contributed by atoms with Crippen molar-refractivity contribution in [3.63, 3.8) is 0 Å². The van der Waals surface area contributed by atoms with Gasteiger partial charge in [-0.2, -0.15) is 0 Å². The van der Waals surface area contributed by atoms with Crippen LogP contribution in [0.2, 0.25) is 0 Å². The molecule has 2 rings (SSSR count). The third-order valence-corrected chi connectivity index (χ3v) is 3.62. The van der Waals surface area contributed by atoms with E-state index in [4.69, 9.17) is 4.42 Å². The van der Waals surface area contributed by atoms with Gasteiger partial charge in [-0.15, -0.1) is 0 Å². The van der Waals surface area contributed by atoms with Crippen LogP contribution in [0.25, 0.3) is 0 Å². The minimum absolute atomic E-state index is 0.0992. The molecule has 0 aliphatic heterocycles. The van der Waals surface area contributed by atoms with Crippen molar-refractivity contribution in [3.8, 4) is 0 Å². The van der Waals surface area contributed by atoms with Crippen molar-refractivity contribution in [2.75, 3.05) is 0 Å². The molecule has 0 saturated heterocycles. The topological polar surface area (TPSA) is 30.2 Å². The highest BCUT2D eigenvalue weighted by atomic mass is 16.3. The van der Waals surface area contributed by atoms with Crippen molar-refractivity contribution in [3.05, 3.63) is 24.2 Å². The van der Waals surface area contributed by atoms with E-state index in [0.717, 1.165) is 24.8 Å². The van der Waals surface area contributed by atoms with Gasteiger partial charge in [0.25, 0.3) is 0 Å². The highest BCUT2D eigenvalue weighted by Crippen LogP contribution is 2.45. The summed E-state index contributed by atoms with van der Waals surface area (Å²) in [6.45, 7) is 4.39. The Hall–Kier alpha value is -1.05. The van der Waals surface area contributed by atoms with Gasteiger partial charge in [-0.05, 0) is 31.2 Å². The molecule has 0 spiro atoms. The fraction of sp³-hybridized carbons (Fsp3) is 0.643. The van der Waals surface area contributed by atoms with Crippen LogP contribution in [-0.4, -0.2) is 5.78 Å². The molecular weight excluding hydrogens is 200 g/mol. The summed E-state index contributed by atoms with van der Waals surface area (Å²) in [6.07, 6.45) is 8.67. The molecule has 1 saturated carbocycles. The van der Waals surface area contributed by atoms with E-state index >= 15 is 0 Å². The minimum atomic E-state index is -0.0992. The Bertz CT molecular complexity index is 343. The van der Waals surface area contributed by atoms with Gasteiger partial charge in [0.1, 0.15) is 6.26 Å². The van der Waals surface area contributed by atoms with Gasteiger partial charge in [0.15, 0.2) is 5.78 Å².